The Balaban J connectivity index is 3.29. The van der Waals surface area contributed by atoms with Gasteiger partial charge in [-0.25, -0.2) is 19.6 Å². The van der Waals surface area contributed by atoms with Crippen molar-refractivity contribution in [2.75, 3.05) is 10.2 Å². The topological polar surface area (TPSA) is 98.7 Å². The molecule has 0 aliphatic heterocycles. The summed E-state index contributed by atoms with van der Waals surface area (Å²) in [6.45, 7) is 9.99. The Bertz CT molecular complexity index is 636. The number of amides is 2. The molecule has 0 atom stereocenters. The first kappa shape index (κ1) is 21.0. The Morgan fingerprint density at radius 3 is 1.92 bits per heavy atom. The molecule has 0 unspecified atom stereocenters. The number of aromatic nitrogens is 2. The number of carbonyl (C=O) groups is 3. The summed E-state index contributed by atoms with van der Waals surface area (Å²) in [4.78, 5) is 45.2. The Kier molecular flexibility index (Phi) is 6.64. The van der Waals surface area contributed by atoms with Gasteiger partial charge in [0.2, 0.25) is 5.78 Å². The predicted molar refractivity (Wildman–Crippen MR) is 95.1 cm³/mol. The molecule has 0 radical (unpaired) electrons. The zero-order valence-electron chi connectivity index (χ0n) is 15.1. The van der Waals surface area contributed by atoms with E-state index in [4.69, 9.17) is 9.47 Å². The van der Waals surface area contributed by atoms with Crippen molar-refractivity contribution in [3.63, 3.8) is 0 Å². The number of rotatable bonds is 3. The van der Waals surface area contributed by atoms with Crippen molar-refractivity contribution in [3.05, 3.63) is 18.1 Å². The summed E-state index contributed by atoms with van der Waals surface area (Å²) in [5, 5.41) is 0.00925. The molecule has 0 aromatic carbocycles. The van der Waals surface area contributed by atoms with Crippen LogP contribution in [-0.4, -0.2) is 44.5 Å². The van der Waals surface area contributed by atoms with E-state index < -0.39 is 29.2 Å². The Morgan fingerprint density at radius 1 is 1.04 bits per heavy atom. The van der Waals surface area contributed by atoms with Crippen molar-refractivity contribution in [3.8, 4) is 0 Å². The molecule has 9 heteroatoms. The van der Waals surface area contributed by atoms with E-state index in [1.807, 2.05) is 0 Å². The third kappa shape index (κ3) is 6.77. The fourth-order valence-corrected chi connectivity index (χ4v) is 1.80. The van der Waals surface area contributed by atoms with E-state index in [1.54, 1.807) is 41.5 Å². The summed E-state index contributed by atoms with van der Waals surface area (Å²) >= 11 is 3.02. The highest BCUT2D eigenvalue weighted by Gasteiger charge is 2.34. The Morgan fingerprint density at radius 2 is 1.52 bits per heavy atom. The van der Waals surface area contributed by atoms with Crippen molar-refractivity contribution >= 4 is 39.7 Å². The average Bonchev–Trinajstić information content (AvgIpc) is 2.43. The van der Waals surface area contributed by atoms with Gasteiger partial charge < -0.3 is 9.47 Å². The van der Waals surface area contributed by atoms with Crippen LogP contribution in [0.3, 0.4) is 0 Å². The van der Waals surface area contributed by atoms with Gasteiger partial charge in [0.25, 0.3) is 0 Å². The average molecular weight is 416 g/mol. The van der Waals surface area contributed by atoms with Crippen LogP contribution in [-0.2, 0) is 9.47 Å². The van der Waals surface area contributed by atoms with Gasteiger partial charge in [0.05, 0.1) is 5.33 Å². The van der Waals surface area contributed by atoms with Gasteiger partial charge in [0, 0.05) is 12.3 Å². The zero-order valence-corrected chi connectivity index (χ0v) is 16.7. The highest BCUT2D eigenvalue weighted by atomic mass is 79.9. The molecule has 0 N–H and O–H groups in total. The van der Waals surface area contributed by atoms with Gasteiger partial charge in [-0.2, -0.15) is 4.90 Å². The number of hydrogen-bond donors (Lipinski definition) is 0. The van der Waals surface area contributed by atoms with E-state index in [-0.39, 0.29) is 17.0 Å². The van der Waals surface area contributed by atoms with E-state index in [0.29, 0.717) is 4.90 Å². The van der Waals surface area contributed by atoms with Crippen LogP contribution in [0.1, 0.15) is 52.2 Å². The van der Waals surface area contributed by atoms with E-state index in [9.17, 15) is 14.4 Å². The van der Waals surface area contributed by atoms with Crippen molar-refractivity contribution in [2.45, 2.75) is 52.7 Å². The molecule has 138 valence electrons. The number of imide groups is 1. The fraction of sp³-hybridized carbons (Fsp3) is 0.562. The molecule has 0 fully saturated rings. The first-order valence-electron chi connectivity index (χ1n) is 7.52. The maximum absolute atomic E-state index is 12.5. The minimum atomic E-state index is -0.960. The highest BCUT2D eigenvalue weighted by Crippen LogP contribution is 2.20. The van der Waals surface area contributed by atoms with Crippen molar-refractivity contribution < 1.29 is 23.9 Å². The third-order valence-electron chi connectivity index (χ3n) is 2.39. The van der Waals surface area contributed by atoms with Crippen molar-refractivity contribution in [1.29, 1.82) is 0 Å². The first-order valence-corrected chi connectivity index (χ1v) is 8.64. The van der Waals surface area contributed by atoms with Gasteiger partial charge in [0.15, 0.2) is 11.6 Å². The summed E-state index contributed by atoms with van der Waals surface area (Å²) in [6.07, 6.45) is -0.643. The quantitative estimate of drug-likeness (QED) is 0.547. The SMILES string of the molecule is CC(C)(C)OC(=O)N(C(=O)OC(C)(C)C)c1ccnc(C(=O)CBr)n1. The molecule has 0 aliphatic rings. The second-order valence-electron chi connectivity index (χ2n) is 7.09. The van der Waals surface area contributed by atoms with Crippen LogP contribution in [0.15, 0.2) is 12.3 Å². The number of hydrogen-bond acceptors (Lipinski definition) is 7. The minimum Gasteiger partial charge on any atom is -0.443 e. The second kappa shape index (κ2) is 7.90. The summed E-state index contributed by atoms with van der Waals surface area (Å²) in [6, 6.07) is 1.32. The number of anilines is 1. The third-order valence-corrected chi connectivity index (χ3v) is 2.90. The second-order valence-corrected chi connectivity index (χ2v) is 7.65. The summed E-state index contributed by atoms with van der Waals surface area (Å²) in [5.74, 6) is -0.635. The standard InChI is InChI=1S/C16H22BrN3O5/c1-15(2,3)24-13(22)20(14(23)25-16(4,5)6)11-7-8-18-12(19-11)10(21)9-17/h7-8H,9H2,1-6H3. The van der Waals surface area contributed by atoms with Crippen LogP contribution in [0.5, 0.6) is 0 Å². The molecule has 0 saturated heterocycles. The zero-order chi connectivity index (χ0) is 19.4. The van der Waals surface area contributed by atoms with Gasteiger partial charge >= 0.3 is 12.2 Å². The molecule has 0 spiro atoms. The molecule has 1 aromatic heterocycles. The molecule has 0 aliphatic carbocycles. The number of alkyl halides is 1. The molecule has 1 heterocycles. The summed E-state index contributed by atoms with van der Waals surface area (Å²) in [5.41, 5.74) is -1.67. The number of carbonyl (C=O) groups excluding carboxylic acids is 3. The number of Topliss-reactive ketones (excluding diaryl/α,β-unsaturated/α-hetero) is 1. The molecular weight excluding hydrogens is 394 g/mol. The number of halogens is 1. The van der Waals surface area contributed by atoms with Gasteiger partial charge in [-0.3, -0.25) is 4.79 Å². The smallest absolute Gasteiger partial charge is 0.425 e. The molecule has 1 rings (SSSR count). The number of ether oxygens (including phenoxy) is 2. The van der Waals surface area contributed by atoms with Crippen LogP contribution in [0.2, 0.25) is 0 Å². The molecule has 8 nitrogen and oxygen atoms in total. The van der Waals surface area contributed by atoms with Crippen LogP contribution in [0.25, 0.3) is 0 Å². The maximum Gasteiger partial charge on any atom is 0.425 e. The van der Waals surface area contributed by atoms with Crippen LogP contribution in [0.4, 0.5) is 15.4 Å². The number of ketones is 1. The number of nitrogens with zero attached hydrogens (tertiary/aromatic N) is 3. The van der Waals surface area contributed by atoms with Crippen molar-refractivity contribution in [1.82, 2.24) is 9.97 Å². The summed E-state index contributed by atoms with van der Waals surface area (Å²) in [7, 11) is 0. The normalized spacial score (nSPS) is 11.6. The fourth-order valence-electron chi connectivity index (χ4n) is 1.54. The van der Waals surface area contributed by atoms with Gasteiger partial charge in [-0.15, -0.1) is 0 Å². The van der Waals surface area contributed by atoms with E-state index >= 15 is 0 Å². The van der Waals surface area contributed by atoms with E-state index in [2.05, 4.69) is 25.9 Å². The summed E-state index contributed by atoms with van der Waals surface area (Å²) < 4.78 is 10.5. The van der Waals surface area contributed by atoms with Gasteiger partial charge in [-0.1, -0.05) is 15.9 Å². The lowest BCUT2D eigenvalue weighted by atomic mass is 10.2. The Labute approximate surface area is 155 Å². The molecule has 0 bridgehead atoms. The predicted octanol–water partition coefficient (Wildman–Crippen LogP) is 3.73. The van der Waals surface area contributed by atoms with Crippen molar-refractivity contribution in [2.24, 2.45) is 0 Å². The molecule has 0 saturated carbocycles. The van der Waals surface area contributed by atoms with Crippen LogP contribution >= 0.6 is 15.9 Å². The largest absolute Gasteiger partial charge is 0.443 e. The maximum atomic E-state index is 12.5. The molecule has 25 heavy (non-hydrogen) atoms. The van der Waals surface area contributed by atoms with E-state index in [1.165, 1.54) is 12.3 Å². The van der Waals surface area contributed by atoms with Crippen LogP contribution < -0.4 is 4.90 Å². The van der Waals surface area contributed by atoms with E-state index in [0.717, 1.165) is 0 Å². The lowest BCUT2D eigenvalue weighted by molar-refractivity contribution is 0.0428. The molecule has 2 amide bonds. The van der Waals surface area contributed by atoms with Gasteiger partial charge in [0.1, 0.15) is 11.2 Å². The Hall–Kier alpha value is -2.03. The lowest BCUT2D eigenvalue weighted by Crippen LogP contribution is -2.44. The van der Waals surface area contributed by atoms with Crippen LogP contribution in [0, 0.1) is 0 Å². The lowest BCUT2D eigenvalue weighted by Gasteiger charge is -2.28. The molecular formula is C16H22BrN3O5. The minimum absolute atomic E-state index is 0.00925. The first-order chi connectivity index (χ1) is 11.3. The highest BCUT2D eigenvalue weighted by molar-refractivity contribution is 9.09. The molecule has 1 aromatic rings. The monoisotopic (exact) mass is 415 g/mol. The van der Waals surface area contributed by atoms with Gasteiger partial charge in [-0.05, 0) is 41.5 Å².